The third-order valence-corrected chi connectivity index (χ3v) is 11.4. The Balaban J connectivity index is 1.51. The van der Waals surface area contributed by atoms with Crippen molar-refractivity contribution in [2.24, 2.45) is 17.8 Å². The lowest BCUT2D eigenvalue weighted by Gasteiger charge is -2.40. The van der Waals surface area contributed by atoms with Gasteiger partial charge in [-0.3, -0.25) is 19.2 Å². The Morgan fingerprint density at radius 2 is 1.76 bits per heavy atom. The van der Waals surface area contributed by atoms with E-state index < -0.39 is 59.6 Å². The van der Waals surface area contributed by atoms with Crippen molar-refractivity contribution >= 4 is 29.4 Å². The number of benzene rings is 2. The monoisotopic (exact) mass is 683 g/mol. The quantitative estimate of drug-likeness (QED) is 0.348. The van der Waals surface area contributed by atoms with E-state index in [1.807, 2.05) is 95.3 Å². The molecule has 2 aromatic rings. The van der Waals surface area contributed by atoms with Crippen molar-refractivity contribution < 1.29 is 33.8 Å². The number of cyclic esters (lactones) is 1. The minimum Gasteiger partial charge on any atom is -0.455 e. The number of esters is 1. The molecule has 0 unspecified atom stereocenters. The summed E-state index contributed by atoms with van der Waals surface area (Å²) in [6.07, 6.45) is 7.06. The van der Waals surface area contributed by atoms with Crippen LogP contribution in [0.1, 0.15) is 62.8 Å². The number of hydrogen-bond donors (Lipinski definition) is 1. The van der Waals surface area contributed by atoms with Gasteiger partial charge in [-0.05, 0) is 55.9 Å². The first-order chi connectivity index (χ1) is 23.9. The van der Waals surface area contributed by atoms with Crippen LogP contribution in [0.25, 0.3) is 0 Å². The van der Waals surface area contributed by atoms with Gasteiger partial charge in [0.25, 0.3) is 5.91 Å². The summed E-state index contributed by atoms with van der Waals surface area (Å²) >= 11 is 0. The van der Waals surface area contributed by atoms with Crippen molar-refractivity contribution in [2.75, 3.05) is 25.1 Å². The van der Waals surface area contributed by atoms with Gasteiger partial charge in [-0.1, -0.05) is 87.0 Å². The van der Waals surface area contributed by atoms with Gasteiger partial charge in [0.2, 0.25) is 11.8 Å². The molecule has 1 spiro atoms. The van der Waals surface area contributed by atoms with Crippen LogP contribution in [0.15, 0.2) is 72.8 Å². The highest BCUT2D eigenvalue weighted by Crippen LogP contribution is 2.57. The number of anilines is 1. The molecule has 2 saturated heterocycles. The molecule has 4 aliphatic heterocycles. The number of rotatable bonds is 6. The number of amides is 3. The first-order valence-electron chi connectivity index (χ1n) is 17.8. The highest BCUT2D eigenvalue weighted by molar-refractivity contribution is 6.06. The molecule has 2 aromatic carbocycles. The standard InChI is InChI=1S/C40H49N3O7/c1-7-25(3)30(23-44)43-36-38(47)42(29-22-24(2)17-18-26(29)4)21-13-9-12-16-32(45)41(6)27(5)35(28-14-10-8-11-15-28)49-39(48)33-31-19-20-40(36,50-31)34(33)37(43)46/h8-11,13-15,17-20,22,25,27,30-31,33-36,44H,7,12,16,21,23H2,1-6H3/b13-9-/t25-,27-,30-,31+,33-,34-,35+,36+,40-/m0/s1. The van der Waals surface area contributed by atoms with E-state index in [9.17, 15) is 19.5 Å². The molecule has 0 saturated carbocycles. The van der Waals surface area contributed by atoms with Crippen molar-refractivity contribution in [3.63, 3.8) is 0 Å². The van der Waals surface area contributed by atoms with Gasteiger partial charge in [0.1, 0.15) is 23.7 Å². The van der Waals surface area contributed by atoms with Crippen LogP contribution in [-0.2, 0) is 28.7 Å². The lowest BCUT2D eigenvalue weighted by atomic mass is 9.74. The van der Waals surface area contributed by atoms with Gasteiger partial charge in [-0.2, -0.15) is 0 Å². The summed E-state index contributed by atoms with van der Waals surface area (Å²) in [5.41, 5.74) is 1.80. The predicted molar refractivity (Wildman–Crippen MR) is 189 cm³/mol. The molecule has 50 heavy (non-hydrogen) atoms. The minimum absolute atomic E-state index is 0.110. The highest BCUT2D eigenvalue weighted by Gasteiger charge is 2.74. The highest BCUT2D eigenvalue weighted by atomic mass is 16.6. The number of hydrogen-bond acceptors (Lipinski definition) is 7. The fraction of sp³-hybridized carbons (Fsp3) is 0.500. The number of likely N-dealkylation sites (N-methyl/N-ethyl adjacent to an activating group) is 1. The molecule has 1 N–H and O–H groups in total. The zero-order valence-electron chi connectivity index (χ0n) is 29.8. The van der Waals surface area contributed by atoms with Crippen LogP contribution in [0.3, 0.4) is 0 Å². The van der Waals surface area contributed by atoms with Crippen LogP contribution in [0, 0.1) is 31.6 Å². The third-order valence-electron chi connectivity index (χ3n) is 11.4. The van der Waals surface area contributed by atoms with E-state index in [0.717, 1.165) is 11.1 Å². The Morgan fingerprint density at radius 3 is 2.46 bits per heavy atom. The molecule has 10 nitrogen and oxygen atoms in total. The zero-order chi connectivity index (χ0) is 35.9. The number of aryl methyl sites for hydroxylation is 2. The van der Waals surface area contributed by atoms with Gasteiger partial charge in [0.15, 0.2) is 0 Å². The Hall–Kier alpha value is -4.28. The van der Waals surface area contributed by atoms with Crippen LogP contribution < -0.4 is 4.90 Å². The molecule has 0 aliphatic carbocycles. The van der Waals surface area contributed by atoms with Crippen LogP contribution in [-0.4, -0.2) is 88.6 Å². The number of carbonyl (C=O) groups is 4. The second-order valence-electron chi connectivity index (χ2n) is 14.3. The second kappa shape index (κ2) is 14.2. The molecule has 9 atom stereocenters. The molecule has 3 amide bonds. The molecular weight excluding hydrogens is 634 g/mol. The Kier molecular flexibility index (Phi) is 10.1. The molecule has 2 fully saturated rings. The van der Waals surface area contributed by atoms with Gasteiger partial charge in [0.05, 0.1) is 30.7 Å². The average Bonchev–Trinajstić information content (AvgIpc) is 3.76. The van der Waals surface area contributed by atoms with Gasteiger partial charge >= 0.3 is 5.97 Å². The van der Waals surface area contributed by atoms with E-state index in [1.54, 1.807) is 29.0 Å². The van der Waals surface area contributed by atoms with Gasteiger partial charge < -0.3 is 29.3 Å². The van der Waals surface area contributed by atoms with Crippen molar-refractivity contribution in [1.82, 2.24) is 9.80 Å². The van der Waals surface area contributed by atoms with Gasteiger partial charge in [0, 0.05) is 25.7 Å². The van der Waals surface area contributed by atoms with E-state index in [2.05, 4.69) is 0 Å². The average molecular weight is 684 g/mol. The number of aliphatic hydroxyl groups excluding tert-OH is 1. The number of carbonyl (C=O) groups excluding carboxylic acids is 4. The number of aliphatic hydroxyl groups is 1. The fourth-order valence-corrected chi connectivity index (χ4v) is 8.20. The van der Waals surface area contributed by atoms with Crippen molar-refractivity contribution in [3.8, 4) is 0 Å². The van der Waals surface area contributed by atoms with Crippen LogP contribution >= 0.6 is 0 Å². The summed E-state index contributed by atoms with van der Waals surface area (Å²) in [7, 11) is 1.71. The number of nitrogens with zero attached hydrogens (tertiary/aromatic N) is 3. The van der Waals surface area contributed by atoms with E-state index in [-0.39, 0.29) is 37.3 Å². The molecule has 4 aliphatic rings. The van der Waals surface area contributed by atoms with E-state index >= 15 is 4.79 Å². The second-order valence-corrected chi connectivity index (χ2v) is 14.3. The number of ether oxygens (including phenoxy) is 2. The molecule has 266 valence electrons. The van der Waals surface area contributed by atoms with Gasteiger partial charge in [-0.15, -0.1) is 0 Å². The van der Waals surface area contributed by atoms with Crippen LogP contribution in [0.5, 0.6) is 0 Å². The first-order valence-corrected chi connectivity index (χ1v) is 17.8. The fourth-order valence-electron chi connectivity index (χ4n) is 8.20. The summed E-state index contributed by atoms with van der Waals surface area (Å²) in [4.78, 5) is 62.8. The number of allylic oxidation sites excluding steroid dienone is 1. The molecule has 4 heterocycles. The Bertz CT molecular complexity index is 1690. The molecular formula is C40H49N3O7. The Morgan fingerprint density at radius 1 is 1.02 bits per heavy atom. The minimum atomic E-state index is -1.45. The van der Waals surface area contributed by atoms with Crippen LogP contribution in [0.4, 0.5) is 5.69 Å². The molecule has 0 radical (unpaired) electrons. The van der Waals surface area contributed by atoms with E-state index in [0.29, 0.717) is 24.1 Å². The summed E-state index contributed by atoms with van der Waals surface area (Å²) in [6, 6.07) is 12.8. The van der Waals surface area contributed by atoms with E-state index in [4.69, 9.17) is 9.47 Å². The summed E-state index contributed by atoms with van der Waals surface area (Å²) in [5.74, 6) is -3.74. The molecule has 5 bridgehead atoms. The number of likely N-dealkylation sites (tertiary alicyclic amines) is 1. The maximum atomic E-state index is 15.3. The smallest absolute Gasteiger partial charge is 0.313 e. The zero-order valence-corrected chi connectivity index (χ0v) is 29.8. The first kappa shape index (κ1) is 35.5. The molecule has 10 heteroatoms. The lowest BCUT2D eigenvalue weighted by molar-refractivity contribution is -0.164. The van der Waals surface area contributed by atoms with Crippen LogP contribution in [0.2, 0.25) is 0 Å². The predicted octanol–water partition coefficient (Wildman–Crippen LogP) is 4.68. The normalized spacial score (nSPS) is 31.9. The molecule has 0 aromatic heterocycles. The number of fused-ring (bicyclic) bond motifs is 2. The molecule has 6 rings (SSSR count). The summed E-state index contributed by atoms with van der Waals surface area (Å²) in [6.45, 7) is 9.51. The maximum absolute atomic E-state index is 15.3. The van der Waals surface area contributed by atoms with Gasteiger partial charge in [-0.25, -0.2) is 0 Å². The maximum Gasteiger partial charge on any atom is 0.313 e. The topological polar surface area (TPSA) is 117 Å². The third kappa shape index (κ3) is 5.96. The van der Waals surface area contributed by atoms with E-state index in [1.165, 1.54) is 4.90 Å². The lowest BCUT2D eigenvalue weighted by Crippen LogP contribution is -2.59. The van der Waals surface area contributed by atoms with Crippen molar-refractivity contribution in [1.29, 1.82) is 0 Å². The van der Waals surface area contributed by atoms with Crippen molar-refractivity contribution in [2.45, 2.75) is 89.8 Å². The Labute approximate surface area is 294 Å². The largest absolute Gasteiger partial charge is 0.455 e. The summed E-state index contributed by atoms with van der Waals surface area (Å²) in [5, 5.41) is 10.8. The van der Waals surface area contributed by atoms with Crippen molar-refractivity contribution in [3.05, 3.63) is 89.5 Å². The summed E-state index contributed by atoms with van der Waals surface area (Å²) < 4.78 is 13.0. The SMILES string of the molecule is CC[C@H](C)[C@H](CO)N1C(=O)[C@@H]2[C@H]3C(=O)O[C@@H](c4ccccc4)[C@H](C)N(C)C(=O)CC/C=C\CN(c4cc(C)ccc4C)C(=O)[C@@H]1[C@]21C=C[C@H]3O1.